The molecule has 1 aromatic carbocycles. The van der Waals surface area contributed by atoms with Crippen molar-refractivity contribution in [2.24, 2.45) is 5.92 Å². The van der Waals surface area contributed by atoms with Gasteiger partial charge in [-0.05, 0) is 35.6 Å². The Kier molecular flexibility index (Phi) is 5.19. The van der Waals surface area contributed by atoms with Gasteiger partial charge in [0.15, 0.2) is 0 Å². The van der Waals surface area contributed by atoms with Crippen molar-refractivity contribution in [2.45, 2.75) is 33.1 Å². The van der Waals surface area contributed by atoms with Crippen molar-refractivity contribution < 1.29 is 4.79 Å². The Morgan fingerprint density at radius 3 is 3.04 bits per heavy atom. The summed E-state index contributed by atoms with van der Waals surface area (Å²) in [6.07, 6.45) is 13.1. The molecule has 0 amide bonds. The third-order valence-electron chi connectivity index (χ3n) is 4.64. The second kappa shape index (κ2) is 7.52. The van der Waals surface area contributed by atoms with Gasteiger partial charge < -0.3 is 10.2 Å². The second-order valence-corrected chi connectivity index (χ2v) is 6.62. The number of nitrogens with one attached hydrogen (secondary N) is 1. The highest BCUT2D eigenvalue weighted by atomic mass is 16.1. The van der Waals surface area contributed by atoms with Gasteiger partial charge in [-0.2, -0.15) is 0 Å². The molecule has 0 saturated heterocycles. The fourth-order valence-corrected chi connectivity index (χ4v) is 3.22. The lowest BCUT2D eigenvalue weighted by atomic mass is 10.0. The quantitative estimate of drug-likeness (QED) is 0.838. The normalized spacial score (nSPS) is 18.8. The van der Waals surface area contributed by atoms with Gasteiger partial charge in [0, 0.05) is 19.4 Å². The maximum Gasteiger partial charge on any atom is 0.132 e. The Bertz CT molecular complexity index is 700. The summed E-state index contributed by atoms with van der Waals surface area (Å²) in [7, 11) is 0. The van der Waals surface area contributed by atoms with Crippen LogP contribution in [0.3, 0.4) is 0 Å². The van der Waals surface area contributed by atoms with Crippen molar-refractivity contribution in [3.63, 3.8) is 0 Å². The van der Waals surface area contributed by atoms with E-state index in [0.717, 1.165) is 19.6 Å². The van der Waals surface area contributed by atoms with E-state index in [1.165, 1.54) is 22.5 Å². The number of carbonyl (C=O) groups excluding carboxylic acids is 1. The first-order chi connectivity index (χ1) is 11.7. The largest absolute Gasteiger partial charge is 0.366 e. The zero-order valence-electron chi connectivity index (χ0n) is 14.6. The van der Waals surface area contributed by atoms with Gasteiger partial charge in [0.2, 0.25) is 0 Å². The highest BCUT2D eigenvalue weighted by Gasteiger charge is 2.19. The van der Waals surface area contributed by atoms with Crippen LogP contribution in [0.5, 0.6) is 0 Å². The van der Waals surface area contributed by atoms with Crippen molar-refractivity contribution in [3.05, 3.63) is 59.7 Å². The number of benzene rings is 1. The highest BCUT2D eigenvalue weighted by Crippen LogP contribution is 2.33. The number of fused-ring (bicyclic) bond motifs is 1. The van der Waals surface area contributed by atoms with Crippen LogP contribution in [0.15, 0.2) is 54.2 Å². The van der Waals surface area contributed by atoms with Gasteiger partial charge in [-0.25, -0.2) is 0 Å². The summed E-state index contributed by atoms with van der Waals surface area (Å²) in [6, 6.07) is 6.53. The number of ketones is 1. The zero-order valence-corrected chi connectivity index (χ0v) is 14.6. The summed E-state index contributed by atoms with van der Waals surface area (Å²) in [5, 5.41) is 3.48. The number of hydrogen-bond donors (Lipinski definition) is 1. The molecule has 1 heterocycles. The predicted molar refractivity (Wildman–Crippen MR) is 101 cm³/mol. The number of carbonyl (C=O) groups is 1. The fraction of sp³-hybridized carbons (Fsp3) is 0.381. The molecule has 3 nitrogen and oxygen atoms in total. The molecular weight excluding hydrogens is 296 g/mol. The van der Waals surface area contributed by atoms with E-state index in [1.54, 1.807) is 0 Å². The Hall–Kier alpha value is -2.29. The number of aryl methyl sites for hydroxylation is 1. The molecule has 0 aromatic heterocycles. The van der Waals surface area contributed by atoms with E-state index in [4.69, 9.17) is 0 Å². The molecule has 126 valence electrons. The van der Waals surface area contributed by atoms with Crippen molar-refractivity contribution in [3.8, 4) is 0 Å². The highest BCUT2D eigenvalue weighted by molar-refractivity contribution is 5.79. The number of Topliss-reactive ketones (excluding diaryl/α,β-unsaturated/α-hetero) is 1. The summed E-state index contributed by atoms with van der Waals surface area (Å²) in [5.74, 6) is 0.809. The zero-order chi connectivity index (χ0) is 16.9. The van der Waals surface area contributed by atoms with E-state index in [0.29, 0.717) is 24.5 Å². The monoisotopic (exact) mass is 322 g/mol. The van der Waals surface area contributed by atoms with Gasteiger partial charge in [0.05, 0.1) is 18.0 Å². The molecule has 1 aromatic rings. The van der Waals surface area contributed by atoms with Crippen molar-refractivity contribution in [2.75, 3.05) is 23.4 Å². The Morgan fingerprint density at radius 2 is 2.21 bits per heavy atom. The van der Waals surface area contributed by atoms with Crippen molar-refractivity contribution >= 4 is 17.2 Å². The van der Waals surface area contributed by atoms with Crippen LogP contribution in [0, 0.1) is 5.92 Å². The second-order valence-electron chi connectivity index (χ2n) is 6.62. The van der Waals surface area contributed by atoms with Crippen LogP contribution in [0.4, 0.5) is 11.4 Å². The number of hydrogen-bond acceptors (Lipinski definition) is 3. The minimum Gasteiger partial charge on any atom is -0.366 e. The molecule has 1 unspecified atom stereocenters. The average molecular weight is 322 g/mol. The van der Waals surface area contributed by atoms with Gasteiger partial charge in [0.1, 0.15) is 5.78 Å². The predicted octanol–water partition coefficient (Wildman–Crippen LogP) is 4.48. The summed E-state index contributed by atoms with van der Waals surface area (Å²) in [6.45, 7) is 5.89. The van der Waals surface area contributed by atoms with E-state index in [9.17, 15) is 4.79 Å². The molecule has 1 aliphatic carbocycles. The van der Waals surface area contributed by atoms with Crippen molar-refractivity contribution in [1.29, 1.82) is 0 Å². The topological polar surface area (TPSA) is 32.3 Å². The molecule has 0 spiro atoms. The van der Waals surface area contributed by atoms with E-state index in [-0.39, 0.29) is 0 Å². The van der Waals surface area contributed by atoms with Gasteiger partial charge in [-0.3, -0.25) is 4.79 Å². The molecule has 3 rings (SSSR count). The van der Waals surface area contributed by atoms with Gasteiger partial charge in [-0.15, -0.1) is 0 Å². The molecule has 0 radical (unpaired) electrons. The standard InChI is InChI=1S/C21H26N2O/c1-3-19(24)10-8-17-9-11-21-20(13-17)22-15-23(21)14-18-7-5-4-6-16(2)12-18/h4-7,9,11-13,16,22H,3,8,10,14-15H2,1-2H3. The molecule has 1 atom stereocenters. The van der Waals surface area contributed by atoms with Crippen LogP contribution in [-0.4, -0.2) is 19.0 Å². The summed E-state index contributed by atoms with van der Waals surface area (Å²) in [5.41, 5.74) is 5.01. The molecule has 1 N–H and O–H groups in total. The van der Waals surface area contributed by atoms with Gasteiger partial charge >= 0.3 is 0 Å². The Morgan fingerprint density at radius 1 is 1.33 bits per heavy atom. The molecule has 24 heavy (non-hydrogen) atoms. The molecule has 0 bridgehead atoms. The molecule has 0 saturated carbocycles. The third kappa shape index (κ3) is 3.97. The maximum absolute atomic E-state index is 11.5. The lowest BCUT2D eigenvalue weighted by molar-refractivity contribution is -0.118. The third-order valence-corrected chi connectivity index (χ3v) is 4.64. The lowest BCUT2D eigenvalue weighted by Gasteiger charge is -2.19. The van der Waals surface area contributed by atoms with Crippen LogP contribution in [0.2, 0.25) is 0 Å². The van der Waals surface area contributed by atoms with Crippen LogP contribution in [0.25, 0.3) is 0 Å². The summed E-state index contributed by atoms with van der Waals surface area (Å²) < 4.78 is 0. The Labute approximate surface area is 144 Å². The van der Waals surface area contributed by atoms with Crippen LogP contribution < -0.4 is 10.2 Å². The minimum atomic E-state index is 0.333. The summed E-state index contributed by atoms with van der Waals surface area (Å²) >= 11 is 0. The number of allylic oxidation sites excluding steroid dienone is 4. The van der Waals surface area contributed by atoms with Gasteiger partial charge in [-0.1, -0.05) is 50.3 Å². The van der Waals surface area contributed by atoms with Crippen LogP contribution >= 0.6 is 0 Å². The number of nitrogens with zero attached hydrogens (tertiary/aromatic N) is 1. The fourth-order valence-electron chi connectivity index (χ4n) is 3.22. The van der Waals surface area contributed by atoms with Crippen LogP contribution in [-0.2, 0) is 11.2 Å². The van der Waals surface area contributed by atoms with E-state index >= 15 is 0 Å². The first-order valence-corrected chi connectivity index (χ1v) is 8.84. The molecular formula is C21H26N2O. The van der Waals surface area contributed by atoms with E-state index in [2.05, 4.69) is 65.7 Å². The van der Waals surface area contributed by atoms with Crippen LogP contribution in [0.1, 0.15) is 32.3 Å². The molecule has 0 fully saturated rings. The summed E-state index contributed by atoms with van der Waals surface area (Å²) in [4.78, 5) is 13.9. The first kappa shape index (κ1) is 16.6. The lowest BCUT2D eigenvalue weighted by Crippen LogP contribution is -2.25. The first-order valence-electron chi connectivity index (χ1n) is 8.84. The smallest absolute Gasteiger partial charge is 0.132 e. The average Bonchev–Trinajstić information content (AvgIpc) is 2.86. The Balaban J connectivity index is 1.68. The maximum atomic E-state index is 11.5. The SMILES string of the molecule is CCC(=O)CCc1ccc2c(c1)NCN2CC1=CC(C)C=CC=C1. The number of anilines is 2. The molecule has 1 aliphatic heterocycles. The van der Waals surface area contributed by atoms with E-state index < -0.39 is 0 Å². The molecule has 3 heteroatoms. The molecule has 2 aliphatic rings. The number of rotatable bonds is 6. The minimum absolute atomic E-state index is 0.333. The van der Waals surface area contributed by atoms with Crippen molar-refractivity contribution in [1.82, 2.24) is 0 Å². The van der Waals surface area contributed by atoms with Gasteiger partial charge in [0.25, 0.3) is 0 Å². The van der Waals surface area contributed by atoms with E-state index in [1.807, 2.05) is 6.92 Å².